The molecule has 0 radical (unpaired) electrons. The third kappa shape index (κ3) is 6.07. The van der Waals surface area contributed by atoms with Crippen LogP contribution in [0.25, 0.3) is 0 Å². The Morgan fingerprint density at radius 3 is 2.40 bits per heavy atom. The van der Waals surface area contributed by atoms with Crippen LogP contribution in [0.5, 0.6) is 0 Å². The number of aryl methyl sites for hydroxylation is 1. The fourth-order valence-electron chi connectivity index (χ4n) is 2.25. The van der Waals surface area contributed by atoms with Crippen LogP contribution < -0.4 is 10.0 Å². The maximum Gasteiger partial charge on any atom is 0.233 e. The first-order chi connectivity index (χ1) is 11.8. The first-order valence-electron chi connectivity index (χ1n) is 7.85. The summed E-state index contributed by atoms with van der Waals surface area (Å²) in [6, 6.07) is 14.2. The van der Waals surface area contributed by atoms with Gasteiger partial charge in [0.2, 0.25) is 15.9 Å². The molecule has 134 valence electrons. The summed E-state index contributed by atoms with van der Waals surface area (Å²) >= 11 is 6.04. The number of hydrogen-bond acceptors (Lipinski definition) is 3. The van der Waals surface area contributed by atoms with Gasteiger partial charge in [0, 0.05) is 17.3 Å². The number of nitrogens with one attached hydrogen (secondary N) is 2. The second-order valence-electron chi connectivity index (χ2n) is 5.96. The number of carbonyl (C=O) groups is 1. The molecule has 1 unspecified atom stereocenters. The second-order valence-corrected chi connectivity index (χ2v) is 8.13. The van der Waals surface area contributed by atoms with E-state index in [0.717, 1.165) is 11.1 Å². The lowest BCUT2D eigenvalue weighted by molar-refractivity contribution is -0.124. The van der Waals surface area contributed by atoms with Gasteiger partial charge in [-0.1, -0.05) is 54.4 Å². The summed E-state index contributed by atoms with van der Waals surface area (Å²) < 4.78 is 26.9. The second kappa shape index (κ2) is 8.36. The molecule has 25 heavy (non-hydrogen) atoms. The minimum absolute atomic E-state index is 0.258. The van der Waals surface area contributed by atoms with Crippen LogP contribution in [0.3, 0.4) is 0 Å². The SMILES string of the molecule is Cc1ccc(NS(=O)(=O)CC(C)C(=O)NCc2ccccc2Cl)cc1. The van der Waals surface area contributed by atoms with Crippen LogP contribution in [0.15, 0.2) is 48.5 Å². The van der Waals surface area contributed by atoms with Crippen molar-refractivity contribution in [3.63, 3.8) is 0 Å². The maximum absolute atomic E-state index is 12.2. The molecule has 0 aliphatic heterocycles. The number of amides is 1. The van der Waals surface area contributed by atoms with Gasteiger partial charge in [0.05, 0.1) is 11.7 Å². The summed E-state index contributed by atoms with van der Waals surface area (Å²) in [6.45, 7) is 3.76. The molecule has 0 heterocycles. The Hall–Kier alpha value is -2.05. The van der Waals surface area contributed by atoms with Crippen molar-refractivity contribution in [2.75, 3.05) is 10.5 Å². The lowest BCUT2D eigenvalue weighted by Gasteiger charge is -2.14. The number of carbonyl (C=O) groups excluding carboxylic acids is 1. The molecule has 0 saturated heterocycles. The summed E-state index contributed by atoms with van der Waals surface area (Å²) in [5.41, 5.74) is 2.30. The van der Waals surface area contributed by atoms with E-state index in [1.807, 2.05) is 31.2 Å². The highest BCUT2D eigenvalue weighted by atomic mass is 35.5. The van der Waals surface area contributed by atoms with Crippen molar-refractivity contribution >= 4 is 33.2 Å². The van der Waals surface area contributed by atoms with Crippen LogP contribution in [0, 0.1) is 12.8 Å². The molecule has 2 aromatic carbocycles. The van der Waals surface area contributed by atoms with E-state index in [2.05, 4.69) is 10.0 Å². The van der Waals surface area contributed by atoms with Crippen molar-refractivity contribution in [2.45, 2.75) is 20.4 Å². The normalized spacial score (nSPS) is 12.4. The number of anilines is 1. The molecule has 2 aromatic rings. The number of hydrogen-bond donors (Lipinski definition) is 2. The molecule has 2 N–H and O–H groups in total. The minimum Gasteiger partial charge on any atom is -0.352 e. The number of sulfonamides is 1. The molecule has 0 aliphatic rings. The van der Waals surface area contributed by atoms with Crippen LogP contribution in [0.1, 0.15) is 18.1 Å². The van der Waals surface area contributed by atoms with Crippen LogP contribution in [0.2, 0.25) is 5.02 Å². The predicted molar refractivity (Wildman–Crippen MR) is 101 cm³/mol. The predicted octanol–water partition coefficient (Wildman–Crippen LogP) is 3.34. The van der Waals surface area contributed by atoms with Crippen molar-refractivity contribution in [3.8, 4) is 0 Å². The van der Waals surface area contributed by atoms with E-state index in [-0.39, 0.29) is 18.2 Å². The monoisotopic (exact) mass is 380 g/mol. The lowest BCUT2D eigenvalue weighted by atomic mass is 10.2. The summed E-state index contributed by atoms with van der Waals surface area (Å²) in [5, 5.41) is 3.28. The number of benzene rings is 2. The third-order valence-corrected chi connectivity index (χ3v) is 5.51. The minimum atomic E-state index is -3.62. The number of halogens is 1. The molecular weight excluding hydrogens is 360 g/mol. The highest BCUT2D eigenvalue weighted by molar-refractivity contribution is 7.92. The van der Waals surface area contributed by atoms with Gasteiger partial charge < -0.3 is 5.32 Å². The molecule has 1 atom stereocenters. The van der Waals surface area contributed by atoms with E-state index in [1.165, 1.54) is 0 Å². The van der Waals surface area contributed by atoms with Gasteiger partial charge in [-0.15, -0.1) is 0 Å². The smallest absolute Gasteiger partial charge is 0.233 e. The largest absolute Gasteiger partial charge is 0.352 e. The Labute approximate surface area is 153 Å². The standard InChI is InChI=1S/C18H21ClN2O3S/c1-13-7-9-16(10-8-13)21-25(23,24)12-14(2)18(22)20-11-15-5-3-4-6-17(15)19/h3-10,14,21H,11-12H2,1-2H3,(H,20,22). The van der Waals surface area contributed by atoms with E-state index in [4.69, 9.17) is 11.6 Å². The lowest BCUT2D eigenvalue weighted by Crippen LogP contribution is -2.34. The van der Waals surface area contributed by atoms with Gasteiger partial charge in [-0.2, -0.15) is 0 Å². The fourth-order valence-corrected chi connectivity index (χ4v) is 3.84. The van der Waals surface area contributed by atoms with Gasteiger partial charge in [0.1, 0.15) is 0 Å². The molecule has 0 saturated carbocycles. The van der Waals surface area contributed by atoms with Crippen LogP contribution in [0.4, 0.5) is 5.69 Å². The fraction of sp³-hybridized carbons (Fsp3) is 0.278. The molecule has 1 amide bonds. The van der Waals surface area contributed by atoms with Crippen molar-refractivity contribution in [2.24, 2.45) is 5.92 Å². The first kappa shape index (κ1) is 19.3. The van der Waals surface area contributed by atoms with E-state index in [0.29, 0.717) is 10.7 Å². The highest BCUT2D eigenvalue weighted by Crippen LogP contribution is 2.15. The number of rotatable bonds is 7. The van der Waals surface area contributed by atoms with Gasteiger partial charge in [-0.25, -0.2) is 8.42 Å². The van der Waals surface area contributed by atoms with Gasteiger partial charge in [0.15, 0.2) is 0 Å². The Morgan fingerprint density at radius 1 is 1.12 bits per heavy atom. The van der Waals surface area contributed by atoms with E-state index >= 15 is 0 Å². The average Bonchev–Trinajstić information content (AvgIpc) is 2.55. The zero-order valence-corrected chi connectivity index (χ0v) is 15.7. The zero-order chi connectivity index (χ0) is 18.4. The molecule has 0 fully saturated rings. The summed E-state index contributed by atoms with van der Waals surface area (Å²) in [7, 11) is -3.62. The van der Waals surface area contributed by atoms with E-state index in [9.17, 15) is 13.2 Å². The van der Waals surface area contributed by atoms with Crippen LogP contribution in [-0.4, -0.2) is 20.1 Å². The topological polar surface area (TPSA) is 75.3 Å². The third-order valence-electron chi connectivity index (χ3n) is 3.65. The molecule has 2 rings (SSSR count). The van der Waals surface area contributed by atoms with Crippen LogP contribution in [-0.2, 0) is 21.4 Å². The maximum atomic E-state index is 12.2. The molecule has 5 nitrogen and oxygen atoms in total. The van der Waals surface area contributed by atoms with Crippen molar-refractivity contribution in [1.82, 2.24) is 5.32 Å². The first-order valence-corrected chi connectivity index (χ1v) is 9.88. The molecule has 0 aromatic heterocycles. The van der Waals surface area contributed by atoms with Crippen molar-refractivity contribution in [1.29, 1.82) is 0 Å². The van der Waals surface area contributed by atoms with Crippen molar-refractivity contribution in [3.05, 3.63) is 64.7 Å². The Morgan fingerprint density at radius 2 is 1.76 bits per heavy atom. The van der Waals surface area contributed by atoms with E-state index in [1.54, 1.807) is 31.2 Å². The molecule has 0 spiro atoms. The van der Waals surface area contributed by atoms with Gasteiger partial charge in [-0.3, -0.25) is 9.52 Å². The highest BCUT2D eigenvalue weighted by Gasteiger charge is 2.21. The van der Waals surface area contributed by atoms with Gasteiger partial charge in [0.25, 0.3) is 0 Å². The summed E-state index contributed by atoms with van der Waals surface area (Å²) in [6.07, 6.45) is 0. The Bertz CT molecular complexity index is 836. The van der Waals surface area contributed by atoms with Gasteiger partial charge >= 0.3 is 0 Å². The van der Waals surface area contributed by atoms with Crippen LogP contribution >= 0.6 is 11.6 Å². The quantitative estimate of drug-likeness (QED) is 0.773. The molecule has 7 heteroatoms. The Kier molecular flexibility index (Phi) is 6.45. The zero-order valence-electron chi connectivity index (χ0n) is 14.1. The molecule has 0 bridgehead atoms. The van der Waals surface area contributed by atoms with Crippen molar-refractivity contribution < 1.29 is 13.2 Å². The Balaban J connectivity index is 1.91. The summed E-state index contributed by atoms with van der Waals surface area (Å²) in [4.78, 5) is 12.2. The average molecular weight is 381 g/mol. The van der Waals surface area contributed by atoms with E-state index < -0.39 is 15.9 Å². The van der Waals surface area contributed by atoms with Gasteiger partial charge in [-0.05, 0) is 30.7 Å². The summed E-state index contributed by atoms with van der Waals surface area (Å²) in [5.74, 6) is -1.32. The molecular formula is C18H21ClN2O3S. The molecule has 0 aliphatic carbocycles.